The van der Waals surface area contributed by atoms with E-state index in [1.165, 1.54) is 0 Å². The Bertz CT molecular complexity index is 478. The monoisotopic (exact) mass is 261 g/mol. The van der Waals surface area contributed by atoms with Crippen LogP contribution >= 0.6 is 0 Å². The molecule has 0 atom stereocenters. The van der Waals surface area contributed by atoms with Gasteiger partial charge in [0.05, 0.1) is 0 Å². The SMILES string of the molecule is CCC(=O)Nc1ccc(C(=O)N/N=C(\C)CC)cc1. The molecule has 0 aliphatic rings. The highest BCUT2D eigenvalue weighted by Gasteiger charge is 2.05. The van der Waals surface area contributed by atoms with E-state index in [0.29, 0.717) is 17.7 Å². The van der Waals surface area contributed by atoms with Crippen molar-refractivity contribution in [2.75, 3.05) is 5.32 Å². The standard InChI is InChI=1S/C14H19N3O2/c1-4-10(3)16-17-14(19)11-6-8-12(9-7-11)15-13(18)5-2/h6-9H,4-5H2,1-3H3,(H,15,18)(H,17,19)/b16-10+. The van der Waals surface area contributed by atoms with E-state index >= 15 is 0 Å². The fourth-order valence-electron chi connectivity index (χ4n) is 1.24. The van der Waals surface area contributed by atoms with Crippen LogP contribution < -0.4 is 10.7 Å². The molecule has 1 aromatic carbocycles. The van der Waals surface area contributed by atoms with Crippen molar-refractivity contribution in [2.45, 2.75) is 33.6 Å². The lowest BCUT2D eigenvalue weighted by Crippen LogP contribution is -2.19. The van der Waals surface area contributed by atoms with Gasteiger partial charge in [-0.25, -0.2) is 5.43 Å². The largest absolute Gasteiger partial charge is 0.326 e. The molecule has 5 nitrogen and oxygen atoms in total. The molecule has 0 aliphatic heterocycles. The van der Waals surface area contributed by atoms with Gasteiger partial charge < -0.3 is 5.32 Å². The lowest BCUT2D eigenvalue weighted by atomic mass is 10.2. The Morgan fingerprint density at radius 3 is 2.26 bits per heavy atom. The van der Waals surface area contributed by atoms with E-state index in [9.17, 15) is 9.59 Å². The Kier molecular flexibility index (Phi) is 5.73. The predicted molar refractivity (Wildman–Crippen MR) is 76.2 cm³/mol. The summed E-state index contributed by atoms with van der Waals surface area (Å²) in [5.41, 5.74) is 4.52. The number of rotatable bonds is 5. The first-order chi connectivity index (χ1) is 9.06. The second-order valence-electron chi connectivity index (χ2n) is 4.12. The Morgan fingerprint density at radius 1 is 1.11 bits per heavy atom. The van der Waals surface area contributed by atoms with E-state index in [-0.39, 0.29) is 11.8 Å². The molecule has 0 unspecified atom stereocenters. The van der Waals surface area contributed by atoms with Crippen LogP contribution in [0.25, 0.3) is 0 Å². The van der Waals surface area contributed by atoms with Crippen molar-refractivity contribution in [2.24, 2.45) is 5.10 Å². The van der Waals surface area contributed by atoms with E-state index in [4.69, 9.17) is 0 Å². The van der Waals surface area contributed by atoms with Gasteiger partial charge in [0.2, 0.25) is 5.91 Å². The van der Waals surface area contributed by atoms with Gasteiger partial charge in [-0.15, -0.1) is 0 Å². The molecule has 0 fully saturated rings. The molecule has 0 heterocycles. The molecular formula is C14H19N3O2. The molecule has 0 aromatic heterocycles. The topological polar surface area (TPSA) is 70.6 Å². The maximum Gasteiger partial charge on any atom is 0.271 e. The summed E-state index contributed by atoms with van der Waals surface area (Å²) in [5.74, 6) is -0.318. The molecule has 0 bridgehead atoms. The third kappa shape index (κ3) is 4.91. The molecule has 1 rings (SSSR count). The molecule has 0 aliphatic carbocycles. The fraction of sp³-hybridized carbons (Fsp3) is 0.357. The van der Waals surface area contributed by atoms with Crippen molar-refractivity contribution < 1.29 is 9.59 Å². The Hall–Kier alpha value is -2.17. The normalized spacial score (nSPS) is 11.0. The van der Waals surface area contributed by atoms with Crippen LogP contribution in [0.3, 0.4) is 0 Å². The van der Waals surface area contributed by atoms with E-state index in [2.05, 4.69) is 15.8 Å². The summed E-state index contributed by atoms with van der Waals surface area (Å²) in [6.45, 7) is 5.60. The number of hydrazone groups is 1. The summed E-state index contributed by atoms with van der Waals surface area (Å²) < 4.78 is 0. The minimum atomic E-state index is -0.263. The number of anilines is 1. The predicted octanol–water partition coefficient (Wildman–Crippen LogP) is 2.55. The Balaban J connectivity index is 2.65. The van der Waals surface area contributed by atoms with Gasteiger partial charge in [0.1, 0.15) is 0 Å². The zero-order chi connectivity index (χ0) is 14.3. The molecule has 0 spiro atoms. The molecule has 2 N–H and O–H groups in total. The molecule has 0 saturated heterocycles. The van der Waals surface area contributed by atoms with Crippen molar-refractivity contribution in [1.29, 1.82) is 0 Å². The van der Waals surface area contributed by atoms with Crippen LogP contribution in [-0.2, 0) is 4.79 Å². The number of carbonyl (C=O) groups excluding carboxylic acids is 2. The zero-order valence-electron chi connectivity index (χ0n) is 11.5. The first kappa shape index (κ1) is 14.9. The maximum atomic E-state index is 11.7. The molecule has 0 saturated carbocycles. The number of nitrogens with zero attached hydrogens (tertiary/aromatic N) is 1. The molecule has 5 heteroatoms. The highest BCUT2D eigenvalue weighted by Crippen LogP contribution is 2.09. The average molecular weight is 261 g/mol. The smallest absolute Gasteiger partial charge is 0.271 e. The van der Waals surface area contributed by atoms with Crippen LogP contribution in [0.2, 0.25) is 0 Å². The first-order valence-corrected chi connectivity index (χ1v) is 6.30. The van der Waals surface area contributed by atoms with E-state index in [1.54, 1.807) is 31.2 Å². The second kappa shape index (κ2) is 7.31. The highest BCUT2D eigenvalue weighted by atomic mass is 16.2. The fourth-order valence-corrected chi connectivity index (χ4v) is 1.24. The molecule has 0 radical (unpaired) electrons. The van der Waals surface area contributed by atoms with Gasteiger partial charge in [-0.3, -0.25) is 9.59 Å². The molecule has 1 aromatic rings. The van der Waals surface area contributed by atoms with Crippen LogP contribution in [0.4, 0.5) is 5.69 Å². The first-order valence-electron chi connectivity index (χ1n) is 6.30. The van der Waals surface area contributed by atoms with Crippen LogP contribution in [0.1, 0.15) is 44.0 Å². The molecule has 102 valence electrons. The van der Waals surface area contributed by atoms with Crippen molar-refractivity contribution >= 4 is 23.2 Å². The van der Waals surface area contributed by atoms with E-state index in [0.717, 1.165) is 12.1 Å². The maximum absolute atomic E-state index is 11.7. The summed E-state index contributed by atoms with van der Waals surface area (Å²) in [5, 5.41) is 6.67. The van der Waals surface area contributed by atoms with Crippen molar-refractivity contribution in [3.05, 3.63) is 29.8 Å². The van der Waals surface area contributed by atoms with Gasteiger partial charge in [0.25, 0.3) is 5.91 Å². The molecule has 2 amide bonds. The summed E-state index contributed by atoms with van der Waals surface area (Å²) in [7, 11) is 0. The van der Waals surface area contributed by atoms with Crippen LogP contribution in [0, 0.1) is 0 Å². The zero-order valence-corrected chi connectivity index (χ0v) is 11.5. The lowest BCUT2D eigenvalue weighted by Gasteiger charge is -2.05. The van der Waals surface area contributed by atoms with Gasteiger partial charge in [0.15, 0.2) is 0 Å². The summed E-state index contributed by atoms with van der Waals surface area (Å²) in [6.07, 6.45) is 1.22. The number of amides is 2. The van der Waals surface area contributed by atoms with E-state index < -0.39 is 0 Å². The van der Waals surface area contributed by atoms with Gasteiger partial charge in [0, 0.05) is 23.4 Å². The minimum absolute atomic E-state index is 0.0552. The highest BCUT2D eigenvalue weighted by molar-refractivity contribution is 5.96. The number of benzene rings is 1. The van der Waals surface area contributed by atoms with Gasteiger partial charge in [-0.1, -0.05) is 13.8 Å². The van der Waals surface area contributed by atoms with Gasteiger partial charge in [-0.2, -0.15) is 5.10 Å². The number of hydrogen-bond donors (Lipinski definition) is 2. The summed E-state index contributed by atoms with van der Waals surface area (Å²) in [6, 6.07) is 6.69. The quantitative estimate of drug-likeness (QED) is 0.631. The van der Waals surface area contributed by atoms with Crippen molar-refractivity contribution in [1.82, 2.24) is 5.43 Å². The average Bonchev–Trinajstić information content (AvgIpc) is 2.44. The number of nitrogens with one attached hydrogen (secondary N) is 2. The summed E-state index contributed by atoms with van der Waals surface area (Å²) in [4.78, 5) is 23.0. The Morgan fingerprint density at radius 2 is 1.74 bits per heavy atom. The molecular weight excluding hydrogens is 242 g/mol. The van der Waals surface area contributed by atoms with Gasteiger partial charge in [-0.05, 0) is 37.6 Å². The van der Waals surface area contributed by atoms with Gasteiger partial charge >= 0.3 is 0 Å². The van der Waals surface area contributed by atoms with Crippen LogP contribution in [-0.4, -0.2) is 17.5 Å². The Labute approximate surface area is 113 Å². The third-order valence-corrected chi connectivity index (χ3v) is 2.61. The third-order valence-electron chi connectivity index (χ3n) is 2.61. The lowest BCUT2D eigenvalue weighted by molar-refractivity contribution is -0.115. The minimum Gasteiger partial charge on any atom is -0.326 e. The van der Waals surface area contributed by atoms with Crippen molar-refractivity contribution in [3.63, 3.8) is 0 Å². The number of hydrogen-bond acceptors (Lipinski definition) is 3. The van der Waals surface area contributed by atoms with E-state index in [1.807, 2.05) is 13.8 Å². The second-order valence-corrected chi connectivity index (χ2v) is 4.12. The van der Waals surface area contributed by atoms with Crippen LogP contribution in [0.5, 0.6) is 0 Å². The van der Waals surface area contributed by atoms with Crippen molar-refractivity contribution in [3.8, 4) is 0 Å². The van der Waals surface area contributed by atoms with Crippen LogP contribution in [0.15, 0.2) is 29.4 Å². The molecule has 19 heavy (non-hydrogen) atoms. The summed E-state index contributed by atoms with van der Waals surface area (Å²) >= 11 is 0. The number of carbonyl (C=O) groups is 2.